The van der Waals surface area contributed by atoms with Crippen LogP contribution in [0.3, 0.4) is 0 Å². The zero-order chi connectivity index (χ0) is 22.0. The topological polar surface area (TPSA) is 84.0 Å². The molecular formula is C24H30N2O5. The number of rotatable bonds is 4. The molecule has 0 radical (unpaired) electrons. The molecule has 1 aromatic rings. The van der Waals surface area contributed by atoms with Crippen LogP contribution in [0.25, 0.3) is 0 Å². The normalized spacial score (nSPS) is 20.9. The number of amides is 3. The summed E-state index contributed by atoms with van der Waals surface area (Å²) in [6.45, 7) is 2.96. The number of hydrogen-bond acceptors (Lipinski definition) is 5. The van der Waals surface area contributed by atoms with Crippen LogP contribution >= 0.6 is 0 Å². The number of likely N-dealkylation sites (tertiary alicyclic amines) is 1. The van der Waals surface area contributed by atoms with E-state index in [1.54, 1.807) is 11.8 Å². The van der Waals surface area contributed by atoms with E-state index in [1.165, 1.54) is 23.1 Å². The van der Waals surface area contributed by atoms with Crippen molar-refractivity contribution in [3.63, 3.8) is 0 Å². The number of imide groups is 1. The number of carbonyl (C=O) groups is 4. The lowest BCUT2D eigenvalue weighted by Gasteiger charge is -2.29. The molecule has 0 aromatic heterocycles. The summed E-state index contributed by atoms with van der Waals surface area (Å²) in [6.07, 6.45) is 8.06. The van der Waals surface area contributed by atoms with Crippen LogP contribution in [-0.4, -0.2) is 58.7 Å². The monoisotopic (exact) mass is 426 g/mol. The quantitative estimate of drug-likeness (QED) is 0.543. The third-order valence-electron chi connectivity index (χ3n) is 6.64. The number of benzene rings is 1. The molecule has 3 amide bonds. The van der Waals surface area contributed by atoms with Crippen molar-refractivity contribution in [1.82, 2.24) is 9.80 Å². The van der Waals surface area contributed by atoms with E-state index in [0.29, 0.717) is 18.7 Å². The summed E-state index contributed by atoms with van der Waals surface area (Å²) in [7, 11) is 0. The molecule has 3 aliphatic rings. The van der Waals surface area contributed by atoms with Crippen LogP contribution in [0.2, 0.25) is 0 Å². The van der Waals surface area contributed by atoms with Crippen LogP contribution in [0.4, 0.5) is 0 Å². The third kappa shape index (κ3) is 4.36. The third-order valence-corrected chi connectivity index (χ3v) is 6.64. The lowest BCUT2D eigenvalue weighted by molar-refractivity contribution is -0.139. The van der Waals surface area contributed by atoms with Crippen LogP contribution in [0.15, 0.2) is 18.2 Å². The predicted octanol–water partition coefficient (Wildman–Crippen LogP) is 3.56. The zero-order valence-electron chi connectivity index (χ0n) is 18.1. The van der Waals surface area contributed by atoms with Crippen molar-refractivity contribution < 1.29 is 23.9 Å². The summed E-state index contributed by atoms with van der Waals surface area (Å²) in [5.74, 6) is -1.47. The van der Waals surface area contributed by atoms with Gasteiger partial charge in [0.05, 0.1) is 16.7 Å². The summed E-state index contributed by atoms with van der Waals surface area (Å²) in [5, 5.41) is 0. The van der Waals surface area contributed by atoms with Crippen molar-refractivity contribution in [1.29, 1.82) is 0 Å². The fraction of sp³-hybridized carbons (Fsp3) is 0.583. The fourth-order valence-electron chi connectivity index (χ4n) is 4.88. The molecule has 4 rings (SSSR count). The second kappa shape index (κ2) is 9.20. The molecule has 2 heterocycles. The second-order valence-electron chi connectivity index (χ2n) is 8.82. The van der Waals surface area contributed by atoms with Crippen molar-refractivity contribution in [2.45, 2.75) is 76.9 Å². The van der Waals surface area contributed by atoms with Gasteiger partial charge in [0.1, 0.15) is 0 Å². The molecule has 1 atom stereocenters. The van der Waals surface area contributed by atoms with Gasteiger partial charge in [0.2, 0.25) is 0 Å². The standard InChI is InChI=1S/C24H30N2O5/c1-16(21(27)25-13-7-2-3-8-14-25)31-24(30)17-11-12-19-20(15-17)23(29)26(22(19)28)18-9-5-4-6-10-18/h11-12,15-16,18H,2-10,13-14H2,1H3/t16-/m0/s1. The Morgan fingerprint density at radius 2 is 1.52 bits per heavy atom. The summed E-state index contributed by atoms with van der Waals surface area (Å²) in [5.41, 5.74) is 0.762. The Kier molecular flexibility index (Phi) is 6.39. The van der Waals surface area contributed by atoms with Gasteiger partial charge in [-0.2, -0.15) is 0 Å². The Labute approximate surface area is 182 Å². The van der Waals surface area contributed by atoms with Gasteiger partial charge in [-0.25, -0.2) is 4.79 Å². The van der Waals surface area contributed by atoms with Crippen LogP contribution in [-0.2, 0) is 9.53 Å². The summed E-state index contributed by atoms with van der Waals surface area (Å²) in [6, 6.07) is 4.39. The SMILES string of the molecule is C[C@H](OC(=O)c1ccc2c(c1)C(=O)N(C1CCCCC1)C2=O)C(=O)N1CCCCCC1. The number of fused-ring (bicyclic) bond motifs is 1. The maximum absolute atomic E-state index is 12.9. The van der Waals surface area contributed by atoms with Gasteiger partial charge in [0, 0.05) is 19.1 Å². The van der Waals surface area contributed by atoms with Gasteiger partial charge in [-0.3, -0.25) is 19.3 Å². The Morgan fingerprint density at radius 3 is 2.19 bits per heavy atom. The Hall–Kier alpha value is -2.70. The Morgan fingerprint density at radius 1 is 0.903 bits per heavy atom. The molecule has 31 heavy (non-hydrogen) atoms. The lowest BCUT2D eigenvalue weighted by Crippen LogP contribution is -2.40. The largest absolute Gasteiger partial charge is 0.449 e. The molecule has 0 spiro atoms. The Balaban J connectivity index is 1.45. The molecule has 1 aromatic carbocycles. The molecule has 0 N–H and O–H groups in total. The number of hydrogen-bond donors (Lipinski definition) is 0. The van der Waals surface area contributed by atoms with Gasteiger partial charge < -0.3 is 9.64 Å². The van der Waals surface area contributed by atoms with E-state index < -0.39 is 12.1 Å². The first-order chi connectivity index (χ1) is 15.0. The van der Waals surface area contributed by atoms with Gasteiger partial charge in [0.25, 0.3) is 17.7 Å². The van der Waals surface area contributed by atoms with Crippen LogP contribution in [0.1, 0.15) is 95.8 Å². The molecule has 166 valence electrons. The maximum Gasteiger partial charge on any atom is 0.338 e. The van der Waals surface area contributed by atoms with Gasteiger partial charge in [-0.05, 0) is 50.8 Å². The lowest BCUT2D eigenvalue weighted by atomic mass is 9.94. The molecule has 7 nitrogen and oxygen atoms in total. The van der Waals surface area contributed by atoms with Gasteiger partial charge >= 0.3 is 5.97 Å². The highest BCUT2D eigenvalue weighted by atomic mass is 16.5. The van der Waals surface area contributed by atoms with Gasteiger partial charge in [-0.1, -0.05) is 32.1 Å². The highest BCUT2D eigenvalue weighted by Gasteiger charge is 2.40. The fourth-order valence-corrected chi connectivity index (χ4v) is 4.88. The highest BCUT2D eigenvalue weighted by Crippen LogP contribution is 2.31. The molecule has 0 unspecified atom stereocenters. The molecule has 0 bridgehead atoms. The Bertz CT molecular complexity index is 882. The van der Waals surface area contributed by atoms with Gasteiger partial charge in [0.15, 0.2) is 6.10 Å². The summed E-state index contributed by atoms with van der Waals surface area (Å²) >= 11 is 0. The minimum Gasteiger partial charge on any atom is -0.449 e. The van der Waals surface area contributed by atoms with Crippen molar-refractivity contribution in [2.75, 3.05) is 13.1 Å². The minimum absolute atomic E-state index is 0.0668. The van der Waals surface area contributed by atoms with E-state index in [9.17, 15) is 19.2 Å². The zero-order valence-corrected chi connectivity index (χ0v) is 18.1. The van der Waals surface area contributed by atoms with E-state index in [0.717, 1.165) is 57.8 Å². The number of nitrogens with zero attached hydrogens (tertiary/aromatic N) is 2. The van der Waals surface area contributed by atoms with Crippen LogP contribution in [0.5, 0.6) is 0 Å². The average molecular weight is 427 g/mol. The summed E-state index contributed by atoms with van der Waals surface area (Å²) < 4.78 is 5.42. The van der Waals surface area contributed by atoms with Gasteiger partial charge in [-0.15, -0.1) is 0 Å². The van der Waals surface area contributed by atoms with Crippen molar-refractivity contribution in [2.24, 2.45) is 0 Å². The number of esters is 1. The van der Waals surface area contributed by atoms with E-state index in [2.05, 4.69) is 0 Å². The first-order valence-electron chi connectivity index (χ1n) is 11.5. The second-order valence-corrected chi connectivity index (χ2v) is 8.82. The number of ether oxygens (including phenoxy) is 1. The van der Waals surface area contributed by atoms with Crippen molar-refractivity contribution >= 4 is 23.7 Å². The summed E-state index contributed by atoms with van der Waals surface area (Å²) in [4.78, 5) is 54.2. The first-order valence-corrected chi connectivity index (χ1v) is 11.5. The molecular weight excluding hydrogens is 396 g/mol. The van der Waals surface area contributed by atoms with E-state index in [4.69, 9.17) is 4.74 Å². The molecule has 1 saturated carbocycles. The minimum atomic E-state index is -0.894. The number of carbonyl (C=O) groups excluding carboxylic acids is 4. The van der Waals surface area contributed by atoms with Crippen LogP contribution in [0, 0.1) is 0 Å². The molecule has 1 saturated heterocycles. The van der Waals surface area contributed by atoms with E-state index >= 15 is 0 Å². The molecule has 2 fully saturated rings. The average Bonchev–Trinajstić information content (AvgIpc) is 2.96. The molecule has 1 aliphatic carbocycles. The molecule has 7 heteroatoms. The first kappa shape index (κ1) is 21.5. The predicted molar refractivity (Wildman–Crippen MR) is 114 cm³/mol. The van der Waals surface area contributed by atoms with Crippen molar-refractivity contribution in [3.05, 3.63) is 34.9 Å². The van der Waals surface area contributed by atoms with Crippen LogP contribution < -0.4 is 0 Å². The van der Waals surface area contributed by atoms with Crippen molar-refractivity contribution in [3.8, 4) is 0 Å². The maximum atomic E-state index is 12.9. The smallest absolute Gasteiger partial charge is 0.338 e. The highest BCUT2D eigenvalue weighted by molar-refractivity contribution is 6.22. The van der Waals surface area contributed by atoms with E-state index in [-0.39, 0.29) is 34.9 Å². The van der Waals surface area contributed by atoms with E-state index in [1.807, 2.05) is 0 Å². The molecule has 2 aliphatic heterocycles.